The van der Waals surface area contributed by atoms with Gasteiger partial charge in [-0.15, -0.1) is 0 Å². The maximum absolute atomic E-state index is 11.7. The van der Waals surface area contributed by atoms with Crippen LogP contribution in [-0.2, 0) is 19.1 Å². The molecule has 98 valence electrons. The standard InChI is InChI=1S/C12H15NO5/c1-17-11(15)6-5-10(12(16)18-2)13-7-3-4-9(13)8-14/h3-4,7-8,10H,5-6H2,1-2H3/t10-/m0/s1. The topological polar surface area (TPSA) is 74.6 Å². The van der Waals surface area contributed by atoms with Crippen LogP contribution < -0.4 is 0 Å². The van der Waals surface area contributed by atoms with E-state index in [1.54, 1.807) is 18.3 Å². The van der Waals surface area contributed by atoms with Crippen LogP contribution in [0.2, 0.25) is 0 Å². The molecular weight excluding hydrogens is 238 g/mol. The lowest BCUT2D eigenvalue weighted by atomic mass is 10.1. The first kappa shape index (κ1) is 14.0. The van der Waals surface area contributed by atoms with E-state index in [9.17, 15) is 14.4 Å². The molecule has 6 heteroatoms. The van der Waals surface area contributed by atoms with Crippen molar-refractivity contribution < 1.29 is 23.9 Å². The zero-order valence-corrected chi connectivity index (χ0v) is 10.3. The van der Waals surface area contributed by atoms with Gasteiger partial charge in [-0.3, -0.25) is 9.59 Å². The van der Waals surface area contributed by atoms with Gasteiger partial charge < -0.3 is 14.0 Å². The smallest absolute Gasteiger partial charge is 0.328 e. The molecule has 1 heterocycles. The van der Waals surface area contributed by atoms with Crippen LogP contribution in [0, 0.1) is 0 Å². The van der Waals surface area contributed by atoms with E-state index in [0.29, 0.717) is 12.0 Å². The van der Waals surface area contributed by atoms with Crippen molar-refractivity contribution in [3.05, 3.63) is 24.0 Å². The van der Waals surface area contributed by atoms with Crippen LogP contribution in [0.5, 0.6) is 0 Å². The molecule has 1 atom stereocenters. The molecule has 18 heavy (non-hydrogen) atoms. The highest BCUT2D eigenvalue weighted by molar-refractivity contribution is 5.78. The number of esters is 2. The third-order valence-corrected chi connectivity index (χ3v) is 2.59. The largest absolute Gasteiger partial charge is 0.469 e. The number of rotatable bonds is 6. The van der Waals surface area contributed by atoms with Gasteiger partial charge in [0.2, 0.25) is 0 Å². The van der Waals surface area contributed by atoms with Crippen molar-refractivity contribution in [3.8, 4) is 0 Å². The van der Waals surface area contributed by atoms with Crippen LogP contribution in [0.1, 0.15) is 29.4 Å². The van der Waals surface area contributed by atoms with Crippen molar-refractivity contribution in [1.82, 2.24) is 4.57 Å². The van der Waals surface area contributed by atoms with E-state index in [4.69, 9.17) is 0 Å². The van der Waals surface area contributed by atoms with Crippen LogP contribution in [0.25, 0.3) is 0 Å². The molecule has 0 N–H and O–H groups in total. The summed E-state index contributed by atoms with van der Waals surface area (Å²) in [5.74, 6) is -0.915. The monoisotopic (exact) mass is 253 g/mol. The van der Waals surface area contributed by atoms with E-state index >= 15 is 0 Å². The first-order chi connectivity index (χ1) is 8.63. The molecule has 0 saturated heterocycles. The molecule has 0 saturated carbocycles. The SMILES string of the molecule is COC(=O)CC[C@@H](C(=O)OC)n1cccc1C=O. The van der Waals surface area contributed by atoms with Crippen LogP contribution in [0.4, 0.5) is 0 Å². The minimum atomic E-state index is -0.704. The Morgan fingerprint density at radius 3 is 2.67 bits per heavy atom. The van der Waals surface area contributed by atoms with Gasteiger partial charge in [-0.1, -0.05) is 0 Å². The molecule has 0 radical (unpaired) electrons. The Bertz CT molecular complexity index is 437. The van der Waals surface area contributed by atoms with Gasteiger partial charge in [-0.05, 0) is 18.6 Å². The highest BCUT2D eigenvalue weighted by Crippen LogP contribution is 2.18. The van der Waals surface area contributed by atoms with Crippen molar-refractivity contribution in [3.63, 3.8) is 0 Å². The number of carbonyl (C=O) groups is 3. The van der Waals surface area contributed by atoms with Crippen LogP contribution in [0.3, 0.4) is 0 Å². The fourth-order valence-corrected chi connectivity index (χ4v) is 1.65. The molecule has 0 amide bonds. The molecule has 0 bridgehead atoms. The summed E-state index contributed by atoms with van der Waals surface area (Å²) in [7, 11) is 2.54. The second-order valence-electron chi connectivity index (χ2n) is 3.61. The van der Waals surface area contributed by atoms with Crippen molar-refractivity contribution >= 4 is 18.2 Å². The minimum Gasteiger partial charge on any atom is -0.469 e. The molecule has 6 nitrogen and oxygen atoms in total. The molecule has 1 aromatic rings. The number of hydrogen-bond donors (Lipinski definition) is 0. The van der Waals surface area contributed by atoms with Gasteiger partial charge in [0.05, 0.1) is 19.9 Å². The second kappa shape index (κ2) is 6.58. The highest BCUT2D eigenvalue weighted by Gasteiger charge is 2.23. The van der Waals surface area contributed by atoms with Gasteiger partial charge in [0.25, 0.3) is 0 Å². The summed E-state index contributed by atoms with van der Waals surface area (Å²) in [4.78, 5) is 33.6. The van der Waals surface area contributed by atoms with Gasteiger partial charge in [0.1, 0.15) is 6.04 Å². The Hall–Kier alpha value is -2.11. The molecule has 0 spiro atoms. The average molecular weight is 253 g/mol. The van der Waals surface area contributed by atoms with Crippen LogP contribution in [0.15, 0.2) is 18.3 Å². The van der Waals surface area contributed by atoms with Crippen molar-refractivity contribution in [2.75, 3.05) is 14.2 Å². The Kier molecular flexibility index (Phi) is 5.10. The molecule has 0 aliphatic rings. The maximum atomic E-state index is 11.7. The van der Waals surface area contributed by atoms with Crippen LogP contribution >= 0.6 is 0 Å². The Labute approximate surface area is 104 Å². The van der Waals surface area contributed by atoms with Crippen molar-refractivity contribution in [2.45, 2.75) is 18.9 Å². The number of carbonyl (C=O) groups excluding carboxylic acids is 3. The summed E-state index contributed by atoms with van der Waals surface area (Å²) in [6, 6.07) is 2.53. The second-order valence-corrected chi connectivity index (χ2v) is 3.61. The first-order valence-electron chi connectivity index (χ1n) is 5.40. The van der Waals surface area contributed by atoms with E-state index in [1.165, 1.54) is 18.8 Å². The summed E-state index contributed by atoms with van der Waals surface area (Å²) in [6.45, 7) is 0. The quantitative estimate of drug-likeness (QED) is 0.557. The third-order valence-electron chi connectivity index (χ3n) is 2.59. The maximum Gasteiger partial charge on any atom is 0.328 e. The van der Waals surface area contributed by atoms with Gasteiger partial charge in [0, 0.05) is 12.6 Å². The number of aldehydes is 1. The summed E-state index contributed by atoms with van der Waals surface area (Å²) < 4.78 is 10.7. The summed E-state index contributed by atoms with van der Waals surface area (Å²) in [5.41, 5.74) is 0.357. The van der Waals surface area contributed by atoms with E-state index in [-0.39, 0.29) is 12.8 Å². The lowest BCUT2D eigenvalue weighted by Gasteiger charge is -2.17. The lowest BCUT2D eigenvalue weighted by molar-refractivity contribution is -0.146. The number of hydrogen-bond acceptors (Lipinski definition) is 5. The van der Waals surface area contributed by atoms with Gasteiger partial charge >= 0.3 is 11.9 Å². The number of nitrogens with zero attached hydrogens (tertiary/aromatic N) is 1. The molecule has 1 rings (SSSR count). The third kappa shape index (κ3) is 3.19. The lowest BCUT2D eigenvalue weighted by Crippen LogP contribution is -2.23. The average Bonchev–Trinajstić information content (AvgIpc) is 2.86. The van der Waals surface area contributed by atoms with E-state index in [1.807, 2.05) is 0 Å². The molecule has 1 aromatic heterocycles. The molecule has 0 unspecified atom stereocenters. The Morgan fingerprint density at radius 2 is 2.11 bits per heavy atom. The van der Waals surface area contributed by atoms with Crippen molar-refractivity contribution in [1.29, 1.82) is 0 Å². The fraction of sp³-hybridized carbons (Fsp3) is 0.417. The summed E-state index contributed by atoms with van der Waals surface area (Å²) >= 11 is 0. The van der Waals surface area contributed by atoms with Gasteiger partial charge in [-0.25, -0.2) is 4.79 Å². The summed E-state index contributed by atoms with van der Waals surface area (Å²) in [6.07, 6.45) is 2.54. The predicted octanol–water partition coefficient (Wildman–Crippen LogP) is 0.968. The van der Waals surface area contributed by atoms with Gasteiger partial charge in [0.15, 0.2) is 6.29 Å². The number of aromatic nitrogens is 1. The summed E-state index contributed by atoms with van der Waals surface area (Å²) in [5, 5.41) is 0. The van der Waals surface area contributed by atoms with E-state index in [0.717, 1.165) is 0 Å². The zero-order chi connectivity index (χ0) is 13.5. The van der Waals surface area contributed by atoms with Crippen molar-refractivity contribution in [2.24, 2.45) is 0 Å². The first-order valence-corrected chi connectivity index (χ1v) is 5.40. The molecule has 0 fully saturated rings. The van der Waals surface area contributed by atoms with E-state index in [2.05, 4.69) is 9.47 Å². The Balaban J connectivity index is 2.88. The Morgan fingerprint density at radius 1 is 1.39 bits per heavy atom. The fourth-order valence-electron chi connectivity index (χ4n) is 1.65. The molecule has 0 aliphatic carbocycles. The highest BCUT2D eigenvalue weighted by atomic mass is 16.5. The van der Waals surface area contributed by atoms with E-state index < -0.39 is 18.0 Å². The normalized spacial score (nSPS) is 11.7. The zero-order valence-electron chi connectivity index (χ0n) is 10.3. The number of methoxy groups -OCH3 is 2. The predicted molar refractivity (Wildman–Crippen MR) is 62.1 cm³/mol. The van der Waals surface area contributed by atoms with Crippen LogP contribution in [-0.4, -0.2) is 37.0 Å². The molecule has 0 aliphatic heterocycles. The minimum absolute atomic E-state index is 0.0761. The molecule has 0 aromatic carbocycles. The molecular formula is C12H15NO5. The van der Waals surface area contributed by atoms with Gasteiger partial charge in [-0.2, -0.15) is 0 Å². The number of ether oxygens (including phenoxy) is 2.